The van der Waals surface area contributed by atoms with Crippen molar-refractivity contribution >= 4 is 17.8 Å². The molecule has 0 heterocycles. The van der Waals surface area contributed by atoms with E-state index in [0.29, 0.717) is 11.4 Å². The largest absolute Gasteiger partial charge is 0.457 e. The van der Waals surface area contributed by atoms with Crippen LogP contribution in [0.2, 0.25) is 0 Å². The number of nitrogens with one attached hydrogen (secondary N) is 2. The summed E-state index contributed by atoms with van der Waals surface area (Å²) < 4.78 is 18.6. The third-order valence-electron chi connectivity index (χ3n) is 3.54. The first-order chi connectivity index (χ1) is 13.2. The van der Waals surface area contributed by atoms with Crippen molar-refractivity contribution in [1.29, 1.82) is 0 Å². The maximum Gasteiger partial charge on any atom is 0.259 e. The molecule has 6 heteroatoms. The van der Waals surface area contributed by atoms with E-state index >= 15 is 0 Å². The molecule has 27 heavy (non-hydrogen) atoms. The van der Waals surface area contributed by atoms with Gasteiger partial charge in [-0.3, -0.25) is 4.79 Å². The minimum atomic E-state index is -0.326. The van der Waals surface area contributed by atoms with Crippen molar-refractivity contribution in [1.82, 2.24) is 5.43 Å². The van der Waals surface area contributed by atoms with E-state index in [1.54, 1.807) is 12.1 Å². The van der Waals surface area contributed by atoms with E-state index in [0.717, 1.165) is 11.3 Å². The van der Waals surface area contributed by atoms with E-state index < -0.39 is 0 Å². The first-order valence-electron chi connectivity index (χ1n) is 8.33. The van der Waals surface area contributed by atoms with Crippen LogP contribution >= 0.6 is 0 Å². The van der Waals surface area contributed by atoms with Gasteiger partial charge in [0.05, 0.1) is 12.8 Å². The Labute approximate surface area is 156 Å². The number of hydrazone groups is 1. The topological polar surface area (TPSA) is 62.7 Å². The molecule has 0 unspecified atom stereocenters. The number of nitrogens with zero attached hydrogens (tertiary/aromatic N) is 1. The summed E-state index contributed by atoms with van der Waals surface area (Å²) in [6.07, 6.45) is 1.54. The number of benzene rings is 3. The number of anilines is 1. The molecule has 5 nitrogen and oxygen atoms in total. The van der Waals surface area contributed by atoms with Gasteiger partial charge in [0.2, 0.25) is 0 Å². The Kier molecular flexibility index (Phi) is 6.14. The first-order valence-corrected chi connectivity index (χ1v) is 8.33. The Balaban J connectivity index is 1.49. The molecule has 0 aromatic heterocycles. The SMILES string of the molecule is O=C(CNc1ccc(F)cc1)N/N=C/c1cccc(Oc2ccccc2)c1. The molecule has 0 saturated heterocycles. The zero-order chi connectivity index (χ0) is 18.9. The van der Waals surface area contributed by atoms with E-state index in [2.05, 4.69) is 15.8 Å². The molecular weight excluding hydrogens is 345 g/mol. The molecule has 3 rings (SSSR count). The van der Waals surface area contributed by atoms with Gasteiger partial charge >= 0.3 is 0 Å². The first kappa shape index (κ1) is 18.1. The maximum absolute atomic E-state index is 12.8. The molecule has 3 aromatic carbocycles. The van der Waals surface area contributed by atoms with Crippen LogP contribution < -0.4 is 15.5 Å². The fourth-order valence-electron chi connectivity index (χ4n) is 2.25. The second-order valence-corrected chi connectivity index (χ2v) is 5.64. The summed E-state index contributed by atoms with van der Waals surface area (Å²) in [6.45, 7) is 0.0279. The molecule has 0 atom stereocenters. The molecule has 0 saturated carbocycles. The van der Waals surface area contributed by atoms with Crippen molar-refractivity contribution < 1.29 is 13.9 Å². The van der Waals surface area contributed by atoms with Crippen LogP contribution in [0.15, 0.2) is 84.0 Å². The van der Waals surface area contributed by atoms with Crippen LogP contribution in [0.4, 0.5) is 10.1 Å². The predicted molar refractivity (Wildman–Crippen MR) is 104 cm³/mol. The summed E-state index contributed by atoms with van der Waals surface area (Å²) in [5.41, 5.74) is 3.88. The Hall–Kier alpha value is -3.67. The van der Waals surface area contributed by atoms with Crippen LogP contribution in [0.1, 0.15) is 5.56 Å². The molecule has 0 bridgehead atoms. The number of amides is 1. The van der Waals surface area contributed by atoms with Gasteiger partial charge in [-0.25, -0.2) is 9.82 Å². The molecule has 1 amide bonds. The van der Waals surface area contributed by atoms with Gasteiger partial charge in [-0.1, -0.05) is 30.3 Å². The average Bonchev–Trinajstić information content (AvgIpc) is 2.69. The smallest absolute Gasteiger partial charge is 0.259 e. The molecule has 136 valence electrons. The fraction of sp³-hybridized carbons (Fsp3) is 0.0476. The Bertz CT molecular complexity index is 912. The van der Waals surface area contributed by atoms with Gasteiger partial charge in [-0.15, -0.1) is 0 Å². The highest BCUT2D eigenvalue weighted by Gasteiger charge is 2.00. The lowest BCUT2D eigenvalue weighted by molar-refractivity contribution is -0.119. The average molecular weight is 363 g/mol. The zero-order valence-electron chi connectivity index (χ0n) is 14.4. The van der Waals surface area contributed by atoms with E-state index in [1.807, 2.05) is 54.6 Å². The van der Waals surface area contributed by atoms with Gasteiger partial charge < -0.3 is 10.1 Å². The van der Waals surface area contributed by atoms with Crippen molar-refractivity contribution in [2.75, 3.05) is 11.9 Å². The van der Waals surface area contributed by atoms with Gasteiger partial charge in [0.15, 0.2) is 0 Å². The van der Waals surface area contributed by atoms with E-state index in [4.69, 9.17) is 4.74 Å². The Morgan fingerprint density at radius 1 is 0.963 bits per heavy atom. The number of rotatable bonds is 7. The van der Waals surface area contributed by atoms with Crippen LogP contribution in [-0.4, -0.2) is 18.7 Å². The lowest BCUT2D eigenvalue weighted by Gasteiger charge is -2.06. The van der Waals surface area contributed by atoms with Crippen LogP contribution in [0.5, 0.6) is 11.5 Å². The van der Waals surface area contributed by atoms with Crippen LogP contribution in [-0.2, 0) is 4.79 Å². The Morgan fingerprint density at radius 3 is 2.48 bits per heavy atom. The fourth-order valence-corrected chi connectivity index (χ4v) is 2.25. The summed E-state index contributed by atoms with van der Waals surface area (Å²) in [7, 11) is 0. The van der Waals surface area contributed by atoms with Crippen molar-refractivity contribution in [2.24, 2.45) is 5.10 Å². The lowest BCUT2D eigenvalue weighted by Crippen LogP contribution is -2.25. The number of carbonyl (C=O) groups is 1. The molecule has 2 N–H and O–H groups in total. The van der Waals surface area contributed by atoms with E-state index in [9.17, 15) is 9.18 Å². The van der Waals surface area contributed by atoms with E-state index in [1.165, 1.54) is 18.3 Å². The number of halogens is 1. The molecular formula is C21H18FN3O2. The molecule has 0 aliphatic carbocycles. The summed E-state index contributed by atoms with van der Waals surface area (Å²) >= 11 is 0. The van der Waals surface area contributed by atoms with Crippen LogP contribution in [0.25, 0.3) is 0 Å². The second-order valence-electron chi connectivity index (χ2n) is 5.64. The highest BCUT2D eigenvalue weighted by atomic mass is 19.1. The molecule has 0 radical (unpaired) electrons. The number of hydrogen-bond acceptors (Lipinski definition) is 4. The van der Waals surface area contributed by atoms with Crippen molar-refractivity contribution in [3.05, 3.63) is 90.2 Å². The van der Waals surface area contributed by atoms with E-state index in [-0.39, 0.29) is 18.3 Å². The lowest BCUT2D eigenvalue weighted by atomic mass is 10.2. The zero-order valence-corrected chi connectivity index (χ0v) is 14.4. The number of para-hydroxylation sites is 1. The molecule has 0 fully saturated rings. The maximum atomic E-state index is 12.8. The summed E-state index contributed by atoms with van der Waals surface area (Å²) in [5, 5.41) is 6.82. The highest BCUT2D eigenvalue weighted by molar-refractivity contribution is 5.84. The molecule has 3 aromatic rings. The van der Waals surface area contributed by atoms with Crippen LogP contribution in [0, 0.1) is 5.82 Å². The number of hydrogen-bond donors (Lipinski definition) is 2. The summed E-state index contributed by atoms with van der Waals surface area (Å²) in [6, 6.07) is 22.6. The Morgan fingerprint density at radius 2 is 1.70 bits per heavy atom. The number of ether oxygens (including phenoxy) is 1. The predicted octanol–water partition coefficient (Wildman–Crippen LogP) is 4.18. The quantitative estimate of drug-likeness (QED) is 0.489. The number of carbonyl (C=O) groups excluding carboxylic acids is 1. The minimum Gasteiger partial charge on any atom is -0.457 e. The normalized spacial score (nSPS) is 10.6. The third-order valence-corrected chi connectivity index (χ3v) is 3.54. The molecule has 0 spiro atoms. The molecule has 0 aliphatic rings. The van der Waals surface area contributed by atoms with Gasteiger partial charge in [-0.2, -0.15) is 5.10 Å². The minimum absolute atomic E-state index is 0.0279. The van der Waals surface area contributed by atoms with Crippen molar-refractivity contribution in [2.45, 2.75) is 0 Å². The third kappa shape index (κ3) is 5.97. The van der Waals surface area contributed by atoms with Gasteiger partial charge in [0, 0.05) is 5.69 Å². The standard InChI is InChI=1S/C21H18FN3O2/c22-17-9-11-18(12-10-17)23-15-21(26)25-24-14-16-5-4-8-20(13-16)27-19-6-2-1-3-7-19/h1-14,23H,15H2,(H,25,26)/b24-14+. The monoisotopic (exact) mass is 363 g/mol. The summed E-state index contributed by atoms with van der Waals surface area (Å²) in [4.78, 5) is 11.8. The highest BCUT2D eigenvalue weighted by Crippen LogP contribution is 2.21. The van der Waals surface area contributed by atoms with Gasteiger partial charge in [0.25, 0.3) is 5.91 Å². The van der Waals surface area contributed by atoms with Crippen LogP contribution in [0.3, 0.4) is 0 Å². The van der Waals surface area contributed by atoms with Gasteiger partial charge in [0.1, 0.15) is 17.3 Å². The molecule has 0 aliphatic heterocycles. The summed E-state index contributed by atoms with van der Waals surface area (Å²) in [5.74, 6) is 0.779. The van der Waals surface area contributed by atoms with Crippen molar-refractivity contribution in [3.8, 4) is 11.5 Å². The second kappa shape index (κ2) is 9.15. The van der Waals surface area contributed by atoms with Crippen molar-refractivity contribution in [3.63, 3.8) is 0 Å². The van der Waals surface area contributed by atoms with Gasteiger partial charge in [-0.05, 0) is 54.1 Å².